The number of fused-ring (bicyclic) bond motifs is 2. The molecule has 1 N–H and O–H groups in total. The van der Waals surface area contributed by atoms with Crippen molar-refractivity contribution < 1.29 is 9.47 Å². The topological polar surface area (TPSA) is 33.7 Å². The van der Waals surface area contributed by atoms with E-state index in [9.17, 15) is 0 Å². The van der Waals surface area contributed by atoms with Crippen LogP contribution in [-0.4, -0.2) is 30.1 Å². The molecule has 2 aliphatic heterocycles. The smallest absolute Gasteiger partial charge is 0.127 e. The summed E-state index contributed by atoms with van der Waals surface area (Å²) in [6.45, 7) is 1.63. The predicted molar refractivity (Wildman–Crippen MR) is 128 cm³/mol. The summed E-state index contributed by atoms with van der Waals surface area (Å²) < 4.78 is 12.3. The van der Waals surface area contributed by atoms with Crippen LogP contribution in [0.3, 0.4) is 0 Å². The van der Waals surface area contributed by atoms with Crippen molar-refractivity contribution in [3.63, 3.8) is 0 Å². The molecule has 0 spiro atoms. The highest BCUT2D eigenvalue weighted by Crippen LogP contribution is 2.36. The average molecular weight is 429 g/mol. The molecule has 2 fully saturated rings. The van der Waals surface area contributed by atoms with Gasteiger partial charge in [0.2, 0.25) is 0 Å². The molecule has 2 aliphatic rings. The largest absolute Gasteiger partial charge is 0.490 e. The van der Waals surface area contributed by atoms with Crippen molar-refractivity contribution in [3.05, 3.63) is 90.0 Å². The summed E-state index contributed by atoms with van der Waals surface area (Å²) in [7, 11) is 2.27. The van der Waals surface area contributed by atoms with E-state index in [0.29, 0.717) is 18.2 Å². The highest BCUT2D eigenvalue weighted by atomic mass is 16.5. The van der Waals surface area contributed by atoms with Crippen molar-refractivity contribution in [3.8, 4) is 17.2 Å². The lowest BCUT2D eigenvalue weighted by Crippen LogP contribution is -2.43. The molecule has 32 heavy (non-hydrogen) atoms. The van der Waals surface area contributed by atoms with Crippen molar-refractivity contribution in [2.75, 3.05) is 7.05 Å². The zero-order valence-electron chi connectivity index (χ0n) is 18.7. The van der Waals surface area contributed by atoms with Gasteiger partial charge in [-0.1, -0.05) is 42.5 Å². The second-order valence-electron chi connectivity index (χ2n) is 9.07. The zero-order valence-corrected chi connectivity index (χ0v) is 18.7. The van der Waals surface area contributed by atoms with Crippen molar-refractivity contribution in [2.24, 2.45) is 0 Å². The summed E-state index contributed by atoms with van der Waals surface area (Å²) in [5.41, 5.74) is 2.49. The highest BCUT2D eigenvalue weighted by molar-refractivity contribution is 5.33. The van der Waals surface area contributed by atoms with Gasteiger partial charge in [-0.2, -0.15) is 0 Å². The number of nitrogens with zero attached hydrogens (tertiary/aromatic N) is 1. The number of nitrogens with one attached hydrogen (secondary N) is 1. The number of para-hydroxylation sites is 1. The maximum atomic E-state index is 6.38. The molecule has 2 heterocycles. The molecule has 0 aromatic heterocycles. The Labute approximate surface area is 191 Å². The van der Waals surface area contributed by atoms with Crippen LogP contribution in [-0.2, 0) is 13.1 Å². The van der Waals surface area contributed by atoms with Crippen LogP contribution in [0.15, 0.2) is 78.9 Å². The fourth-order valence-corrected chi connectivity index (χ4v) is 5.03. The minimum atomic E-state index is 0.350. The van der Waals surface area contributed by atoms with Gasteiger partial charge in [-0.15, -0.1) is 0 Å². The minimum Gasteiger partial charge on any atom is -0.490 e. The number of piperidine rings is 1. The molecule has 3 aromatic carbocycles. The van der Waals surface area contributed by atoms with Gasteiger partial charge in [0.15, 0.2) is 0 Å². The van der Waals surface area contributed by atoms with Gasteiger partial charge in [-0.05, 0) is 80.3 Å². The van der Waals surface area contributed by atoms with Crippen LogP contribution < -0.4 is 14.8 Å². The number of hydrogen-bond donors (Lipinski definition) is 1. The van der Waals surface area contributed by atoms with Crippen LogP contribution in [0.1, 0.15) is 36.8 Å². The Morgan fingerprint density at radius 2 is 1.41 bits per heavy atom. The average Bonchev–Trinajstić information content (AvgIpc) is 3.02. The monoisotopic (exact) mass is 428 g/mol. The quantitative estimate of drug-likeness (QED) is 0.494. The van der Waals surface area contributed by atoms with Gasteiger partial charge in [-0.3, -0.25) is 0 Å². The van der Waals surface area contributed by atoms with Gasteiger partial charge < -0.3 is 19.7 Å². The number of ether oxygens (including phenoxy) is 2. The summed E-state index contributed by atoms with van der Waals surface area (Å²) in [4.78, 5) is 2.56. The Balaban J connectivity index is 1.10. The SMILES string of the molecule is CN1[C@@H]2CC[C@H]1CC(Oc1cccc(CNCc3ccc(Oc4ccccc4)cc3)c1)C2. The van der Waals surface area contributed by atoms with Gasteiger partial charge in [-0.25, -0.2) is 0 Å². The van der Waals surface area contributed by atoms with E-state index in [1.807, 2.05) is 42.5 Å². The molecule has 0 saturated carbocycles. The molecule has 166 valence electrons. The van der Waals surface area contributed by atoms with E-state index in [1.54, 1.807) is 0 Å². The van der Waals surface area contributed by atoms with E-state index in [0.717, 1.165) is 43.2 Å². The van der Waals surface area contributed by atoms with Crippen LogP contribution >= 0.6 is 0 Å². The molecular formula is C28H32N2O2. The molecule has 5 rings (SSSR count). The number of benzene rings is 3. The van der Waals surface area contributed by atoms with Crippen molar-refractivity contribution >= 4 is 0 Å². The molecule has 4 heteroatoms. The van der Waals surface area contributed by atoms with Crippen LogP contribution in [0, 0.1) is 0 Å². The molecule has 2 bridgehead atoms. The molecule has 3 atom stereocenters. The van der Waals surface area contributed by atoms with E-state index < -0.39 is 0 Å². The zero-order chi connectivity index (χ0) is 21.8. The molecule has 3 aromatic rings. The molecular weight excluding hydrogens is 396 g/mol. The maximum Gasteiger partial charge on any atom is 0.127 e. The minimum absolute atomic E-state index is 0.350. The Kier molecular flexibility index (Phi) is 6.42. The normalized spacial score (nSPS) is 22.6. The fourth-order valence-electron chi connectivity index (χ4n) is 5.03. The second kappa shape index (κ2) is 9.76. The summed E-state index contributed by atoms with van der Waals surface area (Å²) in [5.74, 6) is 2.71. The Morgan fingerprint density at radius 3 is 2.16 bits per heavy atom. The Hall–Kier alpha value is -2.82. The number of hydrogen-bond acceptors (Lipinski definition) is 4. The third-order valence-electron chi connectivity index (χ3n) is 6.82. The third kappa shape index (κ3) is 5.14. The Morgan fingerprint density at radius 1 is 0.750 bits per heavy atom. The molecule has 2 saturated heterocycles. The van der Waals surface area contributed by atoms with Crippen LogP contribution in [0.25, 0.3) is 0 Å². The first-order chi connectivity index (χ1) is 15.7. The van der Waals surface area contributed by atoms with Gasteiger partial charge in [0.05, 0.1) is 0 Å². The second-order valence-corrected chi connectivity index (χ2v) is 9.07. The summed E-state index contributed by atoms with van der Waals surface area (Å²) in [6, 6.07) is 28.1. The highest BCUT2D eigenvalue weighted by Gasteiger charge is 2.39. The van der Waals surface area contributed by atoms with E-state index in [-0.39, 0.29) is 0 Å². The molecule has 1 unspecified atom stereocenters. The third-order valence-corrected chi connectivity index (χ3v) is 6.82. The standard InChI is InChI=1S/C28H32N2O2/c1-30-23-12-13-24(30)18-28(17-23)32-27-9-5-6-22(16-27)20-29-19-21-10-14-26(15-11-21)31-25-7-3-2-4-8-25/h2-11,14-16,23-24,28-29H,12-13,17-20H2,1H3/t23-,24+,28?. The van der Waals surface area contributed by atoms with Gasteiger partial charge in [0, 0.05) is 25.2 Å². The van der Waals surface area contributed by atoms with E-state index in [4.69, 9.17) is 9.47 Å². The van der Waals surface area contributed by atoms with Crippen LogP contribution in [0.5, 0.6) is 17.2 Å². The lowest BCUT2D eigenvalue weighted by molar-refractivity contribution is 0.0661. The van der Waals surface area contributed by atoms with Gasteiger partial charge in [0.25, 0.3) is 0 Å². The van der Waals surface area contributed by atoms with Crippen LogP contribution in [0.2, 0.25) is 0 Å². The molecule has 0 radical (unpaired) electrons. The van der Waals surface area contributed by atoms with Crippen molar-refractivity contribution in [1.29, 1.82) is 0 Å². The first-order valence-corrected chi connectivity index (χ1v) is 11.7. The van der Waals surface area contributed by atoms with E-state index >= 15 is 0 Å². The lowest BCUT2D eigenvalue weighted by atomic mass is 10.0. The summed E-state index contributed by atoms with van der Waals surface area (Å²) in [6.07, 6.45) is 5.30. The molecule has 4 nitrogen and oxygen atoms in total. The molecule has 0 aliphatic carbocycles. The van der Waals surface area contributed by atoms with Crippen molar-refractivity contribution in [1.82, 2.24) is 10.2 Å². The first-order valence-electron chi connectivity index (χ1n) is 11.7. The Bertz CT molecular complexity index is 991. The predicted octanol–water partition coefficient (Wildman–Crippen LogP) is 5.77. The fraction of sp³-hybridized carbons (Fsp3) is 0.357. The lowest BCUT2D eigenvalue weighted by Gasteiger charge is -2.36. The summed E-state index contributed by atoms with van der Waals surface area (Å²) >= 11 is 0. The summed E-state index contributed by atoms with van der Waals surface area (Å²) in [5, 5.41) is 3.54. The van der Waals surface area contributed by atoms with E-state index in [2.05, 4.69) is 53.7 Å². The van der Waals surface area contributed by atoms with Gasteiger partial charge >= 0.3 is 0 Å². The van der Waals surface area contributed by atoms with Crippen LogP contribution in [0.4, 0.5) is 0 Å². The number of rotatable bonds is 8. The molecule has 0 amide bonds. The van der Waals surface area contributed by atoms with E-state index in [1.165, 1.54) is 24.0 Å². The maximum absolute atomic E-state index is 6.38. The first kappa shape index (κ1) is 21.0. The van der Waals surface area contributed by atoms with Gasteiger partial charge in [0.1, 0.15) is 23.4 Å². The van der Waals surface area contributed by atoms with Crippen molar-refractivity contribution in [2.45, 2.75) is 57.0 Å².